The molecule has 0 fully saturated rings. The van der Waals surface area contributed by atoms with Gasteiger partial charge >= 0.3 is 0 Å². The molecule has 1 heterocycles. The van der Waals surface area contributed by atoms with Gasteiger partial charge in [-0.3, -0.25) is 4.79 Å². The van der Waals surface area contributed by atoms with Crippen molar-refractivity contribution in [3.63, 3.8) is 0 Å². The van der Waals surface area contributed by atoms with E-state index in [-0.39, 0.29) is 11.7 Å². The van der Waals surface area contributed by atoms with Crippen LogP contribution in [0.1, 0.15) is 20.9 Å². The number of rotatable bonds is 3. The Morgan fingerprint density at radius 2 is 2.24 bits per heavy atom. The summed E-state index contributed by atoms with van der Waals surface area (Å²) < 4.78 is 0. The standard InChI is InChI=1S/C12H12N2O2S/c1-8-11(17-7-14-8)12(16)13-6-9-4-2-3-5-10(9)15/h2-5,7,15H,6H2,1H3,(H,13,16). The van der Waals surface area contributed by atoms with E-state index in [4.69, 9.17) is 0 Å². The van der Waals surface area contributed by atoms with Crippen LogP contribution >= 0.6 is 11.3 Å². The number of hydrogen-bond acceptors (Lipinski definition) is 4. The number of carbonyl (C=O) groups excluding carboxylic acids is 1. The van der Waals surface area contributed by atoms with E-state index in [0.29, 0.717) is 17.0 Å². The molecule has 5 heteroatoms. The second-order valence-electron chi connectivity index (χ2n) is 3.58. The number of para-hydroxylation sites is 1. The monoisotopic (exact) mass is 248 g/mol. The molecule has 1 aromatic carbocycles. The number of nitrogens with one attached hydrogen (secondary N) is 1. The zero-order chi connectivity index (χ0) is 12.3. The van der Waals surface area contributed by atoms with Crippen LogP contribution in [0.5, 0.6) is 5.75 Å². The van der Waals surface area contributed by atoms with Gasteiger partial charge in [-0.15, -0.1) is 11.3 Å². The Labute approximate surface area is 103 Å². The first-order chi connectivity index (χ1) is 8.18. The highest BCUT2D eigenvalue weighted by Crippen LogP contribution is 2.16. The number of phenolic OH excluding ortho intramolecular Hbond substituents is 1. The highest BCUT2D eigenvalue weighted by Gasteiger charge is 2.11. The van der Waals surface area contributed by atoms with Crippen molar-refractivity contribution in [3.8, 4) is 5.75 Å². The molecule has 0 atom stereocenters. The number of nitrogens with zero attached hydrogens (tertiary/aromatic N) is 1. The summed E-state index contributed by atoms with van der Waals surface area (Å²) >= 11 is 1.31. The van der Waals surface area contributed by atoms with Crippen molar-refractivity contribution in [1.29, 1.82) is 0 Å². The molecule has 0 radical (unpaired) electrons. The average molecular weight is 248 g/mol. The highest BCUT2D eigenvalue weighted by molar-refractivity contribution is 7.11. The van der Waals surface area contributed by atoms with Crippen LogP contribution in [-0.4, -0.2) is 16.0 Å². The van der Waals surface area contributed by atoms with Crippen LogP contribution in [0.25, 0.3) is 0 Å². The molecule has 0 spiro atoms. The minimum absolute atomic E-state index is 0.159. The van der Waals surface area contributed by atoms with Gasteiger partial charge < -0.3 is 10.4 Å². The van der Waals surface area contributed by atoms with Gasteiger partial charge in [-0.25, -0.2) is 4.98 Å². The van der Waals surface area contributed by atoms with Crippen molar-refractivity contribution in [2.75, 3.05) is 0 Å². The number of thiazole rings is 1. The van der Waals surface area contributed by atoms with Crippen molar-refractivity contribution >= 4 is 17.2 Å². The minimum Gasteiger partial charge on any atom is -0.508 e. The molecule has 0 aliphatic rings. The van der Waals surface area contributed by atoms with Crippen LogP contribution in [0.15, 0.2) is 29.8 Å². The lowest BCUT2D eigenvalue weighted by Crippen LogP contribution is -2.22. The molecule has 0 saturated carbocycles. The molecular formula is C12H12N2O2S. The third-order valence-corrected chi connectivity index (χ3v) is 3.31. The van der Waals surface area contributed by atoms with E-state index in [9.17, 15) is 9.90 Å². The Morgan fingerprint density at radius 1 is 1.47 bits per heavy atom. The molecule has 17 heavy (non-hydrogen) atoms. The van der Waals surface area contributed by atoms with Crippen molar-refractivity contribution in [3.05, 3.63) is 45.9 Å². The summed E-state index contributed by atoms with van der Waals surface area (Å²) in [4.78, 5) is 16.4. The van der Waals surface area contributed by atoms with E-state index in [1.54, 1.807) is 30.6 Å². The van der Waals surface area contributed by atoms with Crippen LogP contribution in [0.2, 0.25) is 0 Å². The Morgan fingerprint density at radius 3 is 2.88 bits per heavy atom. The van der Waals surface area contributed by atoms with E-state index in [1.807, 2.05) is 6.07 Å². The topological polar surface area (TPSA) is 62.2 Å². The molecule has 2 rings (SSSR count). The fraction of sp³-hybridized carbons (Fsp3) is 0.167. The number of carbonyl (C=O) groups is 1. The normalized spacial score (nSPS) is 10.2. The van der Waals surface area contributed by atoms with E-state index in [1.165, 1.54) is 11.3 Å². The van der Waals surface area contributed by atoms with Crippen LogP contribution in [-0.2, 0) is 6.54 Å². The Balaban J connectivity index is 2.02. The maximum Gasteiger partial charge on any atom is 0.263 e. The lowest BCUT2D eigenvalue weighted by atomic mass is 10.2. The van der Waals surface area contributed by atoms with E-state index in [0.717, 1.165) is 5.69 Å². The fourth-order valence-corrected chi connectivity index (χ4v) is 2.15. The summed E-state index contributed by atoms with van der Waals surface area (Å²) in [7, 11) is 0. The Hall–Kier alpha value is -1.88. The van der Waals surface area contributed by atoms with Crippen molar-refractivity contribution in [2.24, 2.45) is 0 Å². The average Bonchev–Trinajstić information content (AvgIpc) is 2.74. The van der Waals surface area contributed by atoms with Crippen LogP contribution in [0.4, 0.5) is 0 Å². The number of aromatic hydroxyl groups is 1. The highest BCUT2D eigenvalue weighted by atomic mass is 32.1. The van der Waals surface area contributed by atoms with Gasteiger partial charge in [0.1, 0.15) is 10.6 Å². The molecule has 1 aromatic heterocycles. The largest absolute Gasteiger partial charge is 0.508 e. The number of phenols is 1. The first kappa shape index (κ1) is 11.6. The molecule has 0 bridgehead atoms. The van der Waals surface area contributed by atoms with Gasteiger partial charge in [0, 0.05) is 12.1 Å². The summed E-state index contributed by atoms with van der Waals surface area (Å²) in [5.41, 5.74) is 3.07. The van der Waals surface area contributed by atoms with Gasteiger partial charge in [0.05, 0.1) is 11.2 Å². The minimum atomic E-state index is -0.159. The summed E-state index contributed by atoms with van der Waals surface area (Å²) in [6, 6.07) is 6.93. The van der Waals surface area contributed by atoms with Crippen molar-refractivity contribution in [1.82, 2.24) is 10.3 Å². The summed E-state index contributed by atoms with van der Waals surface area (Å²) in [5.74, 6) is 0.0297. The third kappa shape index (κ3) is 2.62. The molecule has 4 nitrogen and oxygen atoms in total. The van der Waals surface area contributed by atoms with Crippen LogP contribution < -0.4 is 5.32 Å². The molecule has 2 N–H and O–H groups in total. The molecular weight excluding hydrogens is 236 g/mol. The Kier molecular flexibility index (Phi) is 3.39. The molecule has 1 amide bonds. The Bertz CT molecular complexity index is 537. The lowest BCUT2D eigenvalue weighted by Gasteiger charge is -2.05. The van der Waals surface area contributed by atoms with Gasteiger partial charge in [-0.2, -0.15) is 0 Å². The number of amides is 1. The molecule has 0 unspecified atom stereocenters. The second-order valence-corrected chi connectivity index (χ2v) is 4.43. The van der Waals surface area contributed by atoms with Gasteiger partial charge in [0.15, 0.2) is 0 Å². The molecule has 2 aromatic rings. The zero-order valence-electron chi connectivity index (χ0n) is 9.30. The first-order valence-corrected chi connectivity index (χ1v) is 6.01. The van der Waals surface area contributed by atoms with Gasteiger partial charge in [-0.05, 0) is 13.0 Å². The molecule has 88 valence electrons. The quantitative estimate of drug-likeness (QED) is 0.874. The summed E-state index contributed by atoms with van der Waals surface area (Å²) in [6.07, 6.45) is 0. The number of benzene rings is 1. The predicted molar refractivity (Wildman–Crippen MR) is 66.1 cm³/mol. The molecule has 0 aliphatic carbocycles. The third-order valence-electron chi connectivity index (χ3n) is 2.38. The van der Waals surface area contributed by atoms with Crippen molar-refractivity contribution < 1.29 is 9.90 Å². The van der Waals surface area contributed by atoms with E-state index >= 15 is 0 Å². The maximum atomic E-state index is 11.8. The van der Waals surface area contributed by atoms with Crippen LogP contribution in [0.3, 0.4) is 0 Å². The van der Waals surface area contributed by atoms with Crippen LogP contribution in [0, 0.1) is 6.92 Å². The smallest absolute Gasteiger partial charge is 0.263 e. The van der Waals surface area contributed by atoms with Crippen molar-refractivity contribution in [2.45, 2.75) is 13.5 Å². The fourth-order valence-electron chi connectivity index (χ4n) is 1.44. The van der Waals surface area contributed by atoms with E-state index in [2.05, 4.69) is 10.3 Å². The number of aryl methyl sites for hydroxylation is 1. The van der Waals surface area contributed by atoms with Gasteiger partial charge in [0.25, 0.3) is 5.91 Å². The summed E-state index contributed by atoms with van der Waals surface area (Å²) in [5, 5.41) is 12.3. The SMILES string of the molecule is Cc1ncsc1C(=O)NCc1ccccc1O. The lowest BCUT2D eigenvalue weighted by molar-refractivity contribution is 0.0954. The zero-order valence-corrected chi connectivity index (χ0v) is 10.1. The maximum absolute atomic E-state index is 11.8. The predicted octanol–water partition coefficient (Wildman–Crippen LogP) is 2.09. The van der Waals surface area contributed by atoms with Gasteiger partial charge in [0.2, 0.25) is 0 Å². The molecule has 0 aliphatic heterocycles. The van der Waals surface area contributed by atoms with Gasteiger partial charge in [-0.1, -0.05) is 18.2 Å². The number of aromatic nitrogens is 1. The number of hydrogen-bond donors (Lipinski definition) is 2. The molecule has 0 saturated heterocycles. The van der Waals surface area contributed by atoms with E-state index < -0.39 is 0 Å². The summed E-state index contributed by atoms with van der Waals surface area (Å²) in [6.45, 7) is 2.11. The second kappa shape index (κ2) is 4.97. The first-order valence-electron chi connectivity index (χ1n) is 5.13.